The molecule has 0 bridgehead atoms. The zero-order chi connectivity index (χ0) is 21.4. The number of carbonyl (C=O) groups excluding carboxylic acids is 2. The Bertz CT molecular complexity index is 939. The van der Waals surface area contributed by atoms with Crippen LogP contribution in [0.2, 0.25) is 0 Å². The number of amides is 1. The first-order valence-electron chi connectivity index (χ1n) is 10.3. The van der Waals surface area contributed by atoms with Crippen LogP contribution in [0.25, 0.3) is 0 Å². The van der Waals surface area contributed by atoms with Gasteiger partial charge in [0.15, 0.2) is 5.78 Å². The van der Waals surface area contributed by atoms with Gasteiger partial charge in [-0.15, -0.1) is 0 Å². The molecule has 4 nitrogen and oxygen atoms in total. The number of carbonyl (C=O) groups is 2. The van der Waals surface area contributed by atoms with Gasteiger partial charge in [0.1, 0.15) is 0 Å². The van der Waals surface area contributed by atoms with E-state index in [1.165, 1.54) is 11.1 Å². The number of hydrogen-bond donors (Lipinski definition) is 1. The lowest BCUT2D eigenvalue weighted by Crippen LogP contribution is -2.34. The SMILES string of the molecule is CCONC(=O)c1ccc(C(=O)c2cc3c(cc2C)C(C)(C)CCC3(C)C)cc1. The summed E-state index contributed by atoms with van der Waals surface area (Å²) in [5.41, 5.74) is 7.93. The number of hydroxylamine groups is 1. The van der Waals surface area contributed by atoms with Gasteiger partial charge >= 0.3 is 0 Å². The lowest BCUT2D eigenvalue weighted by molar-refractivity contribution is 0.0364. The van der Waals surface area contributed by atoms with Crippen LogP contribution in [0.5, 0.6) is 0 Å². The lowest BCUT2D eigenvalue weighted by atomic mass is 9.62. The standard InChI is InChI=1S/C25H31NO3/c1-7-29-26-23(28)18-10-8-17(9-11-18)22(27)19-15-21-20(14-16(19)2)24(3,4)12-13-25(21,5)6/h8-11,14-15H,7,12-13H2,1-6H3,(H,26,28). The highest BCUT2D eigenvalue weighted by molar-refractivity contribution is 6.10. The number of rotatable bonds is 5. The first-order valence-corrected chi connectivity index (χ1v) is 10.3. The van der Waals surface area contributed by atoms with Crippen molar-refractivity contribution >= 4 is 11.7 Å². The third kappa shape index (κ3) is 4.13. The molecular weight excluding hydrogens is 362 g/mol. The summed E-state index contributed by atoms with van der Waals surface area (Å²) in [5, 5.41) is 0. The monoisotopic (exact) mass is 393 g/mol. The maximum absolute atomic E-state index is 13.3. The zero-order valence-corrected chi connectivity index (χ0v) is 18.3. The van der Waals surface area contributed by atoms with Crippen LogP contribution in [0.1, 0.15) is 90.4 Å². The van der Waals surface area contributed by atoms with Gasteiger partial charge in [-0.1, -0.05) is 45.9 Å². The van der Waals surface area contributed by atoms with Gasteiger partial charge in [-0.3, -0.25) is 14.4 Å². The molecule has 0 saturated carbocycles. The Kier molecular flexibility index (Phi) is 5.68. The highest BCUT2D eigenvalue weighted by atomic mass is 16.6. The maximum atomic E-state index is 13.3. The smallest absolute Gasteiger partial charge is 0.274 e. The molecule has 0 atom stereocenters. The maximum Gasteiger partial charge on any atom is 0.274 e. The quantitative estimate of drug-likeness (QED) is 0.557. The van der Waals surface area contributed by atoms with Crippen LogP contribution in [0, 0.1) is 6.92 Å². The second-order valence-corrected chi connectivity index (χ2v) is 9.25. The van der Waals surface area contributed by atoms with Gasteiger partial charge in [0.2, 0.25) is 0 Å². The van der Waals surface area contributed by atoms with E-state index in [1.54, 1.807) is 31.2 Å². The van der Waals surface area contributed by atoms with Crippen LogP contribution < -0.4 is 5.48 Å². The van der Waals surface area contributed by atoms with Crippen molar-refractivity contribution in [3.63, 3.8) is 0 Å². The van der Waals surface area contributed by atoms with E-state index in [0.29, 0.717) is 17.7 Å². The Morgan fingerprint density at radius 1 is 0.931 bits per heavy atom. The third-order valence-electron chi connectivity index (χ3n) is 6.16. The minimum Gasteiger partial charge on any atom is -0.289 e. The number of benzene rings is 2. The summed E-state index contributed by atoms with van der Waals surface area (Å²) in [6, 6.07) is 11.0. The summed E-state index contributed by atoms with van der Waals surface area (Å²) in [6.07, 6.45) is 2.25. The van der Waals surface area contributed by atoms with E-state index in [9.17, 15) is 9.59 Å². The average molecular weight is 394 g/mol. The molecule has 0 aromatic heterocycles. The molecule has 2 aromatic carbocycles. The van der Waals surface area contributed by atoms with Crippen molar-refractivity contribution in [2.45, 2.75) is 65.2 Å². The van der Waals surface area contributed by atoms with Crippen LogP contribution in [0.3, 0.4) is 0 Å². The first kappa shape index (κ1) is 21.3. The molecule has 1 N–H and O–H groups in total. The Morgan fingerprint density at radius 3 is 2.00 bits per heavy atom. The van der Waals surface area contributed by atoms with Crippen LogP contribution in [0.4, 0.5) is 0 Å². The summed E-state index contributed by atoms with van der Waals surface area (Å²) < 4.78 is 0. The van der Waals surface area contributed by atoms with E-state index in [4.69, 9.17) is 4.84 Å². The molecule has 0 saturated heterocycles. The van der Waals surface area contributed by atoms with Crippen molar-refractivity contribution in [1.29, 1.82) is 0 Å². The van der Waals surface area contributed by atoms with Crippen LogP contribution in [-0.4, -0.2) is 18.3 Å². The fourth-order valence-corrected chi connectivity index (χ4v) is 4.09. The van der Waals surface area contributed by atoms with Gasteiger partial charge < -0.3 is 0 Å². The molecule has 3 rings (SSSR count). The minimum atomic E-state index is -0.320. The first-order chi connectivity index (χ1) is 13.6. The number of ketones is 1. The molecule has 0 spiro atoms. The minimum absolute atomic E-state index is 0.0127. The number of aryl methyl sites for hydroxylation is 1. The second kappa shape index (κ2) is 7.75. The molecule has 0 unspecified atom stereocenters. The fraction of sp³-hybridized carbons (Fsp3) is 0.440. The van der Waals surface area contributed by atoms with E-state index in [1.807, 2.05) is 6.92 Å². The summed E-state index contributed by atoms with van der Waals surface area (Å²) in [7, 11) is 0. The van der Waals surface area contributed by atoms with Crippen molar-refractivity contribution in [2.24, 2.45) is 0 Å². The second-order valence-electron chi connectivity index (χ2n) is 9.25. The van der Waals surface area contributed by atoms with E-state index in [-0.39, 0.29) is 22.5 Å². The number of nitrogens with one attached hydrogen (secondary N) is 1. The average Bonchev–Trinajstić information content (AvgIpc) is 2.69. The molecule has 1 aliphatic carbocycles. The zero-order valence-electron chi connectivity index (χ0n) is 18.3. The van der Waals surface area contributed by atoms with Crippen molar-refractivity contribution in [1.82, 2.24) is 5.48 Å². The number of fused-ring (bicyclic) bond motifs is 1. The van der Waals surface area contributed by atoms with Gasteiger partial charge in [0.25, 0.3) is 5.91 Å². The highest BCUT2D eigenvalue weighted by Gasteiger charge is 2.37. The third-order valence-corrected chi connectivity index (χ3v) is 6.16. The Balaban J connectivity index is 1.95. The van der Waals surface area contributed by atoms with E-state index >= 15 is 0 Å². The Morgan fingerprint density at radius 2 is 1.45 bits per heavy atom. The van der Waals surface area contributed by atoms with Crippen molar-refractivity contribution in [2.75, 3.05) is 6.61 Å². The van der Waals surface area contributed by atoms with Crippen molar-refractivity contribution < 1.29 is 14.4 Å². The van der Waals surface area contributed by atoms with Crippen LogP contribution in [0.15, 0.2) is 36.4 Å². The topological polar surface area (TPSA) is 55.4 Å². The molecule has 154 valence electrons. The van der Waals surface area contributed by atoms with Crippen molar-refractivity contribution in [3.05, 3.63) is 69.8 Å². The van der Waals surface area contributed by atoms with Gasteiger partial charge in [0.05, 0.1) is 6.61 Å². The Labute approximate surface area is 173 Å². The summed E-state index contributed by atoms with van der Waals surface area (Å²) in [4.78, 5) is 30.2. The largest absolute Gasteiger partial charge is 0.289 e. The fourth-order valence-electron chi connectivity index (χ4n) is 4.09. The predicted molar refractivity (Wildman–Crippen MR) is 115 cm³/mol. The van der Waals surface area contributed by atoms with Gasteiger partial charge in [-0.05, 0) is 72.4 Å². The molecule has 0 radical (unpaired) electrons. The molecule has 2 aromatic rings. The highest BCUT2D eigenvalue weighted by Crippen LogP contribution is 2.46. The lowest BCUT2D eigenvalue weighted by Gasteiger charge is -2.42. The summed E-state index contributed by atoms with van der Waals surface area (Å²) >= 11 is 0. The summed E-state index contributed by atoms with van der Waals surface area (Å²) in [6.45, 7) is 13.3. The molecule has 0 fully saturated rings. The predicted octanol–water partition coefficient (Wildman–Crippen LogP) is 5.26. The van der Waals surface area contributed by atoms with Gasteiger partial charge in [-0.2, -0.15) is 0 Å². The normalized spacial score (nSPS) is 16.8. The summed E-state index contributed by atoms with van der Waals surface area (Å²) in [5.74, 6) is -0.332. The molecule has 0 aliphatic heterocycles. The molecule has 1 aliphatic rings. The van der Waals surface area contributed by atoms with E-state index in [2.05, 4.69) is 45.3 Å². The van der Waals surface area contributed by atoms with Crippen LogP contribution in [-0.2, 0) is 15.7 Å². The molecule has 1 amide bonds. The van der Waals surface area contributed by atoms with Gasteiger partial charge in [0, 0.05) is 16.7 Å². The molecule has 4 heteroatoms. The van der Waals surface area contributed by atoms with Crippen LogP contribution >= 0.6 is 0 Å². The Hall–Kier alpha value is -2.46. The molecular formula is C25H31NO3. The number of hydrogen-bond acceptors (Lipinski definition) is 3. The van der Waals surface area contributed by atoms with E-state index < -0.39 is 0 Å². The molecule has 0 heterocycles. The van der Waals surface area contributed by atoms with Crippen molar-refractivity contribution in [3.8, 4) is 0 Å². The molecule has 29 heavy (non-hydrogen) atoms. The van der Waals surface area contributed by atoms with E-state index in [0.717, 1.165) is 24.0 Å². The van der Waals surface area contributed by atoms with Gasteiger partial charge in [-0.25, -0.2) is 5.48 Å².